The van der Waals surface area contributed by atoms with Gasteiger partial charge in [-0.15, -0.1) is 0 Å². The maximum Gasteiger partial charge on any atom is 0.267 e. The fraction of sp³-hybridized carbons (Fsp3) is 0.889. The summed E-state index contributed by atoms with van der Waals surface area (Å²) in [5.74, 6) is -1.22. The third-order valence-electron chi connectivity index (χ3n) is 2.29. The molecule has 5 nitrogen and oxygen atoms in total. The van der Waals surface area contributed by atoms with E-state index < -0.39 is 21.4 Å². The van der Waals surface area contributed by atoms with Gasteiger partial charge in [-0.2, -0.15) is 8.42 Å². The van der Waals surface area contributed by atoms with Gasteiger partial charge in [0, 0.05) is 17.7 Å². The van der Waals surface area contributed by atoms with Crippen LogP contribution < -0.4 is 0 Å². The van der Waals surface area contributed by atoms with Gasteiger partial charge < -0.3 is 0 Å². The Morgan fingerprint density at radius 3 is 2.25 bits per heavy atom. The molecule has 0 heterocycles. The Labute approximate surface area is 102 Å². The van der Waals surface area contributed by atoms with Crippen LogP contribution in [-0.4, -0.2) is 34.6 Å². The van der Waals surface area contributed by atoms with Crippen LogP contribution in [0.1, 0.15) is 34.1 Å². The summed E-state index contributed by atoms with van der Waals surface area (Å²) in [5.41, 5.74) is -1.14. The third kappa shape index (κ3) is 4.67. The lowest BCUT2D eigenvalue weighted by Gasteiger charge is -2.33. The predicted octanol–water partition coefficient (Wildman–Crippen LogP) is 1.68. The van der Waals surface area contributed by atoms with Crippen molar-refractivity contribution in [1.29, 1.82) is 0 Å². The lowest BCUT2D eigenvalue weighted by atomic mass is 10.0. The first-order chi connectivity index (χ1) is 7.01. The van der Waals surface area contributed by atoms with E-state index in [9.17, 15) is 13.2 Å². The predicted molar refractivity (Wildman–Crippen MR) is 62.6 cm³/mol. The summed E-state index contributed by atoms with van der Waals surface area (Å²) < 4.78 is 31.2. The minimum absolute atomic E-state index is 0.279. The SMILES string of the molecule is CCC(C)C(=O)N(Cl)C(C)(C)CS(=O)(=O)O. The Balaban J connectivity index is 4.83. The van der Waals surface area contributed by atoms with Crippen LogP contribution in [0.25, 0.3) is 0 Å². The molecule has 16 heavy (non-hydrogen) atoms. The van der Waals surface area contributed by atoms with Gasteiger partial charge in [0.05, 0.1) is 11.3 Å². The van der Waals surface area contributed by atoms with Crippen LogP contribution >= 0.6 is 11.8 Å². The molecule has 96 valence electrons. The van der Waals surface area contributed by atoms with Crippen molar-refractivity contribution in [2.24, 2.45) is 5.92 Å². The van der Waals surface area contributed by atoms with Crippen LogP contribution in [-0.2, 0) is 14.9 Å². The maximum absolute atomic E-state index is 11.7. The van der Waals surface area contributed by atoms with E-state index in [1.807, 2.05) is 6.92 Å². The Morgan fingerprint density at radius 1 is 1.50 bits per heavy atom. The number of hydrogen-bond donors (Lipinski definition) is 1. The zero-order valence-electron chi connectivity index (χ0n) is 9.90. The molecule has 0 radical (unpaired) electrons. The van der Waals surface area contributed by atoms with Crippen molar-refractivity contribution < 1.29 is 17.8 Å². The molecule has 1 unspecified atom stereocenters. The molecule has 0 spiro atoms. The van der Waals surface area contributed by atoms with Crippen molar-refractivity contribution >= 4 is 27.8 Å². The number of nitrogens with zero attached hydrogens (tertiary/aromatic N) is 1. The van der Waals surface area contributed by atoms with Gasteiger partial charge in [0.15, 0.2) is 0 Å². The van der Waals surface area contributed by atoms with Gasteiger partial charge in [0.25, 0.3) is 10.1 Å². The molecule has 0 aliphatic carbocycles. The lowest BCUT2D eigenvalue weighted by molar-refractivity contribution is -0.133. The largest absolute Gasteiger partial charge is 0.285 e. The van der Waals surface area contributed by atoms with Gasteiger partial charge in [0.1, 0.15) is 0 Å². The number of halogens is 1. The Hall–Kier alpha value is -0.330. The molecule has 0 aromatic rings. The minimum Gasteiger partial charge on any atom is -0.285 e. The van der Waals surface area contributed by atoms with E-state index in [4.69, 9.17) is 16.3 Å². The molecule has 0 aromatic heterocycles. The van der Waals surface area contributed by atoms with Gasteiger partial charge in [-0.25, -0.2) is 4.42 Å². The van der Waals surface area contributed by atoms with Crippen molar-refractivity contribution in [3.05, 3.63) is 0 Å². The molecule has 1 atom stereocenters. The average Bonchev–Trinajstić information content (AvgIpc) is 2.10. The Morgan fingerprint density at radius 2 is 1.94 bits per heavy atom. The fourth-order valence-electron chi connectivity index (χ4n) is 1.17. The first-order valence-corrected chi connectivity index (χ1v) is 6.91. The molecular weight excluding hydrogens is 254 g/mol. The van der Waals surface area contributed by atoms with Crippen molar-refractivity contribution in [3.8, 4) is 0 Å². The molecule has 7 heteroatoms. The lowest BCUT2D eigenvalue weighted by Crippen LogP contribution is -2.48. The van der Waals surface area contributed by atoms with E-state index >= 15 is 0 Å². The highest BCUT2D eigenvalue weighted by Gasteiger charge is 2.35. The van der Waals surface area contributed by atoms with E-state index in [0.29, 0.717) is 6.42 Å². The fourth-order valence-corrected chi connectivity index (χ4v) is 2.49. The molecule has 1 N–H and O–H groups in total. The summed E-state index contributed by atoms with van der Waals surface area (Å²) in [6.07, 6.45) is 0.615. The van der Waals surface area contributed by atoms with Gasteiger partial charge in [-0.3, -0.25) is 9.35 Å². The van der Waals surface area contributed by atoms with Crippen LogP contribution in [0, 0.1) is 5.92 Å². The normalized spacial score (nSPS) is 14.6. The Kier molecular flexibility index (Phi) is 5.22. The molecule has 1 amide bonds. The highest BCUT2D eigenvalue weighted by atomic mass is 35.5. The summed E-state index contributed by atoms with van der Waals surface area (Å²) in [6.45, 7) is 6.51. The zero-order chi connectivity index (χ0) is 13.1. The number of carbonyl (C=O) groups excluding carboxylic acids is 1. The molecule has 0 bridgehead atoms. The minimum atomic E-state index is -4.17. The van der Waals surface area contributed by atoms with Gasteiger partial charge in [-0.05, 0) is 20.3 Å². The zero-order valence-corrected chi connectivity index (χ0v) is 11.5. The maximum atomic E-state index is 11.7. The molecular formula is C9H18ClNO4S. The topological polar surface area (TPSA) is 74.7 Å². The van der Waals surface area contributed by atoms with Crippen LogP contribution in [0.4, 0.5) is 0 Å². The first-order valence-electron chi connectivity index (χ1n) is 4.96. The first kappa shape index (κ1) is 15.7. The number of rotatable bonds is 5. The highest BCUT2D eigenvalue weighted by molar-refractivity contribution is 7.85. The van der Waals surface area contributed by atoms with Crippen LogP contribution in [0.3, 0.4) is 0 Å². The second-order valence-electron chi connectivity index (χ2n) is 4.47. The molecule has 0 aromatic carbocycles. The monoisotopic (exact) mass is 271 g/mol. The smallest absolute Gasteiger partial charge is 0.267 e. The molecule has 0 rings (SSSR count). The summed E-state index contributed by atoms with van der Waals surface area (Å²) >= 11 is 5.81. The Bertz CT molecular complexity index is 353. The summed E-state index contributed by atoms with van der Waals surface area (Å²) in [6, 6.07) is 0. The van der Waals surface area contributed by atoms with E-state index in [-0.39, 0.29) is 11.8 Å². The van der Waals surface area contributed by atoms with E-state index in [1.165, 1.54) is 13.8 Å². The van der Waals surface area contributed by atoms with Gasteiger partial charge in [0.2, 0.25) is 5.91 Å². The van der Waals surface area contributed by atoms with Crippen LogP contribution in [0.15, 0.2) is 0 Å². The van der Waals surface area contributed by atoms with E-state index in [0.717, 1.165) is 4.42 Å². The van der Waals surface area contributed by atoms with E-state index in [2.05, 4.69) is 0 Å². The van der Waals surface area contributed by atoms with Crippen molar-refractivity contribution in [1.82, 2.24) is 4.42 Å². The summed E-state index contributed by atoms with van der Waals surface area (Å²) in [7, 11) is -4.17. The van der Waals surface area contributed by atoms with E-state index in [1.54, 1.807) is 6.92 Å². The number of carbonyl (C=O) groups is 1. The molecule has 0 aliphatic rings. The van der Waals surface area contributed by atoms with Crippen molar-refractivity contribution in [2.45, 2.75) is 39.7 Å². The van der Waals surface area contributed by atoms with Crippen molar-refractivity contribution in [3.63, 3.8) is 0 Å². The highest BCUT2D eigenvalue weighted by Crippen LogP contribution is 2.22. The number of hydrogen-bond acceptors (Lipinski definition) is 3. The summed E-state index contributed by atoms with van der Waals surface area (Å²) in [4.78, 5) is 11.7. The molecule has 0 saturated carbocycles. The second kappa shape index (κ2) is 5.33. The van der Waals surface area contributed by atoms with Crippen molar-refractivity contribution in [2.75, 3.05) is 5.75 Å². The standard InChI is InChI=1S/C9H18ClNO4S/c1-5-7(2)8(12)11(10)9(3,4)6-16(13,14)15/h7H,5-6H2,1-4H3,(H,13,14,15). The second-order valence-corrected chi connectivity index (χ2v) is 6.26. The van der Waals surface area contributed by atoms with Crippen LogP contribution in [0.5, 0.6) is 0 Å². The van der Waals surface area contributed by atoms with Gasteiger partial charge >= 0.3 is 0 Å². The van der Waals surface area contributed by atoms with Gasteiger partial charge in [-0.1, -0.05) is 13.8 Å². The third-order valence-corrected chi connectivity index (χ3v) is 3.99. The summed E-state index contributed by atoms with van der Waals surface area (Å²) in [5, 5.41) is 0. The average molecular weight is 272 g/mol. The molecule has 0 saturated heterocycles. The molecule has 0 aliphatic heterocycles. The molecule has 0 fully saturated rings. The quantitative estimate of drug-likeness (QED) is 0.610. The van der Waals surface area contributed by atoms with Crippen LogP contribution in [0.2, 0.25) is 0 Å². The number of amides is 1.